The second-order valence-electron chi connectivity index (χ2n) is 24.3. The summed E-state index contributed by atoms with van der Waals surface area (Å²) in [6, 6.07) is 90.2. The molecule has 13 aromatic rings. The van der Waals surface area contributed by atoms with Crippen LogP contribution in [0.1, 0.15) is 74.9 Å². The van der Waals surface area contributed by atoms with Gasteiger partial charge in [-0.15, -0.1) is 0 Å². The largest absolute Gasteiger partial charge is 0.457 e. The molecule has 1 aliphatic heterocycles. The molecule has 0 saturated heterocycles. The molecule has 1 aliphatic carbocycles. The monoisotopic (exact) mass is 1070 g/mol. The third-order valence-corrected chi connectivity index (χ3v) is 17.2. The number of rotatable bonds is 9. The van der Waals surface area contributed by atoms with Crippen LogP contribution in [0.5, 0.6) is 11.5 Å². The summed E-state index contributed by atoms with van der Waals surface area (Å²) < 4.78 is 11.5. The van der Waals surface area contributed by atoms with Crippen LogP contribution in [0.15, 0.2) is 255 Å². The predicted octanol–water partition coefficient (Wildman–Crippen LogP) is 19.2. The van der Waals surface area contributed by atoms with Crippen LogP contribution in [-0.4, -0.2) is 25.6 Å². The lowest BCUT2D eigenvalue weighted by molar-refractivity contribution is 0.483. The molecule has 0 radical (unpaired) electrons. The standard InChI is InChI=1S/C76H62N6O/c1-74(2,3)52-36-38-53(39-37-52)76(63-30-15-13-28-59(63)60-29-14-16-31-64(60)76)54-42-43-77-71(46-54)82-70-48-58(40-41-69(70)81-66-33-18-17-32-65(66)78-73(81)82)83-57-27-21-26-56(47-57)79-49-80(68-35-20-19-34-67(68)79)72-61(50-22-9-7-10-23-50)44-55(75(4,5)6)45-62(72)51-24-11-8-12-25-51/h7-48H,49H2,1-6H3. The van der Waals surface area contributed by atoms with Gasteiger partial charge < -0.3 is 14.5 Å². The average Bonchev–Trinajstić information content (AvgIpc) is 1.89. The van der Waals surface area contributed by atoms with Crippen LogP contribution >= 0.6 is 0 Å². The first-order valence-electron chi connectivity index (χ1n) is 28.8. The normalized spacial score (nSPS) is 13.7. The van der Waals surface area contributed by atoms with Crippen LogP contribution in [0.4, 0.5) is 22.7 Å². The van der Waals surface area contributed by atoms with Gasteiger partial charge in [-0.25, -0.2) is 9.97 Å². The lowest BCUT2D eigenvalue weighted by Crippen LogP contribution is -2.29. The molecule has 0 fully saturated rings. The molecule has 10 aromatic carbocycles. The van der Waals surface area contributed by atoms with E-state index in [1.807, 2.05) is 6.20 Å². The Morgan fingerprint density at radius 1 is 0.434 bits per heavy atom. The van der Waals surface area contributed by atoms with Gasteiger partial charge >= 0.3 is 0 Å². The van der Waals surface area contributed by atoms with Crippen molar-refractivity contribution in [1.82, 2.24) is 18.9 Å². The quantitative estimate of drug-likeness (QED) is 0.144. The third-order valence-electron chi connectivity index (χ3n) is 17.2. The molecular weight excluding hydrogens is 1010 g/mol. The number of ether oxygens (including phenoxy) is 1. The molecule has 3 aromatic heterocycles. The Morgan fingerprint density at radius 3 is 1.69 bits per heavy atom. The number of benzene rings is 10. The molecule has 0 atom stereocenters. The summed E-state index contributed by atoms with van der Waals surface area (Å²) in [6.45, 7) is 14.3. The smallest absolute Gasteiger partial charge is 0.221 e. The highest BCUT2D eigenvalue weighted by molar-refractivity contribution is 5.99. The van der Waals surface area contributed by atoms with Gasteiger partial charge in [-0.05, 0) is 139 Å². The fraction of sp³-hybridized carbons (Fsp3) is 0.132. The molecule has 0 N–H and O–H groups in total. The van der Waals surface area contributed by atoms with Gasteiger partial charge in [0.15, 0.2) is 0 Å². The molecule has 83 heavy (non-hydrogen) atoms. The zero-order chi connectivity index (χ0) is 56.2. The number of pyridine rings is 1. The van der Waals surface area contributed by atoms with Gasteiger partial charge in [0.05, 0.1) is 44.5 Å². The van der Waals surface area contributed by atoms with E-state index in [0.29, 0.717) is 12.4 Å². The first-order valence-corrected chi connectivity index (χ1v) is 28.8. The number of aromatic nitrogens is 4. The molecular formula is C76H62N6O. The van der Waals surface area contributed by atoms with E-state index in [1.165, 1.54) is 66.9 Å². The topological polar surface area (TPSA) is 50.8 Å². The molecule has 0 spiro atoms. The number of para-hydroxylation sites is 4. The zero-order valence-corrected chi connectivity index (χ0v) is 47.5. The summed E-state index contributed by atoms with van der Waals surface area (Å²) in [5.74, 6) is 2.97. The molecule has 2 aliphatic rings. The van der Waals surface area contributed by atoms with Crippen LogP contribution in [0.25, 0.3) is 67.0 Å². The molecule has 7 heteroatoms. The van der Waals surface area contributed by atoms with E-state index in [1.54, 1.807) is 0 Å². The Labute approximate surface area is 485 Å². The van der Waals surface area contributed by atoms with Gasteiger partial charge in [0.25, 0.3) is 0 Å². The lowest BCUT2D eigenvalue weighted by Gasteiger charge is -2.34. The summed E-state index contributed by atoms with van der Waals surface area (Å²) in [5, 5.41) is 0. The molecule has 7 nitrogen and oxygen atoms in total. The Morgan fingerprint density at radius 2 is 1.02 bits per heavy atom. The van der Waals surface area contributed by atoms with Crippen LogP contribution in [0, 0.1) is 0 Å². The fourth-order valence-corrected chi connectivity index (χ4v) is 13.2. The second-order valence-corrected chi connectivity index (χ2v) is 24.3. The molecule has 4 heterocycles. The number of anilines is 4. The molecule has 15 rings (SSSR count). The van der Waals surface area contributed by atoms with Crippen molar-refractivity contribution in [3.63, 3.8) is 0 Å². The van der Waals surface area contributed by atoms with E-state index < -0.39 is 5.41 Å². The second kappa shape index (κ2) is 19.1. The van der Waals surface area contributed by atoms with Crippen molar-refractivity contribution in [1.29, 1.82) is 0 Å². The molecule has 402 valence electrons. The van der Waals surface area contributed by atoms with E-state index in [2.05, 4.69) is 309 Å². The number of fused-ring (bicyclic) bond motifs is 9. The first-order chi connectivity index (χ1) is 40.4. The summed E-state index contributed by atoms with van der Waals surface area (Å²) in [6.07, 6.45) is 1.97. The van der Waals surface area contributed by atoms with E-state index in [9.17, 15) is 0 Å². The zero-order valence-electron chi connectivity index (χ0n) is 47.5. The third kappa shape index (κ3) is 8.08. The maximum absolute atomic E-state index is 7.02. The minimum Gasteiger partial charge on any atom is -0.457 e. The highest BCUT2D eigenvalue weighted by Crippen LogP contribution is 2.57. The van der Waals surface area contributed by atoms with Crippen molar-refractivity contribution in [2.45, 2.75) is 57.8 Å². The van der Waals surface area contributed by atoms with Crippen molar-refractivity contribution in [2.24, 2.45) is 0 Å². The van der Waals surface area contributed by atoms with Gasteiger partial charge in [0.1, 0.15) is 24.0 Å². The molecule has 0 bridgehead atoms. The summed E-state index contributed by atoms with van der Waals surface area (Å²) in [4.78, 5) is 15.5. The van der Waals surface area contributed by atoms with Crippen molar-refractivity contribution in [2.75, 3.05) is 16.5 Å². The van der Waals surface area contributed by atoms with Gasteiger partial charge in [0, 0.05) is 35.1 Å². The summed E-state index contributed by atoms with van der Waals surface area (Å²) >= 11 is 0. The Balaban J connectivity index is 0.844. The van der Waals surface area contributed by atoms with Gasteiger partial charge in [0.2, 0.25) is 5.78 Å². The highest BCUT2D eigenvalue weighted by Gasteiger charge is 2.46. The first kappa shape index (κ1) is 50.0. The number of nitrogens with zero attached hydrogens (tertiary/aromatic N) is 6. The van der Waals surface area contributed by atoms with Crippen LogP contribution < -0.4 is 14.5 Å². The number of hydrogen-bond acceptors (Lipinski definition) is 5. The van der Waals surface area contributed by atoms with Gasteiger partial charge in [-0.3, -0.25) is 8.97 Å². The van der Waals surface area contributed by atoms with Crippen LogP contribution in [0.2, 0.25) is 0 Å². The number of imidazole rings is 2. The minimum atomic E-state index is -0.627. The maximum Gasteiger partial charge on any atom is 0.221 e. The van der Waals surface area contributed by atoms with Crippen molar-refractivity contribution in [3.05, 3.63) is 288 Å². The Hall–Kier alpha value is -9.98. The van der Waals surface area contributed by atoms with Crippen LogP contribution in [0.3, 0.4) is 0 Å². The van der Waals surface area contributed by atoms with Crippen molar-refractivity contribution in [3.8, 4) is 50.7 Å². The molecule has 0 saturated carbocycles. The van der Waals surface area contributed by atoms with Gasteiger partial charge in [-0.2, -0.15) is 0 Å². The van der Waals surface area contributed by atoms with E-state index in [0.717, 1.165) is 62.0 Å². The van der Waals surface area contributed by atoms with E-state index in [-0.39, 0.29) is 10.8 Å². The van der Waals surface area contributed by atoms with Gasteiger partial charge in [-0.1, -0.05) is 205 Å². The van der Waals surface area contributed by atoms with Crippen molar-refractivity contribution < 1.29 is 4.74 Å². The Bertz CT molecular complexity index is 4550. The van der Waals surface area contributed by atoms with E-state index >= 15 is 0 Å². The lowest BCUT2D eigenvalue weighted by atomic mass is 9.67. The van der Waals surface area contributed by atoms with Crippen molar-refractivity contribution >= 4 is 50.6 Å². The average molecular weight is 1080 g/mol. The SMILES string of the molecule is CC(C)(C)c1ccc(C2(c3ccnc(-n4c5cc(Oc6cccc(N7CN(c8c(-c9ccccc9)cc(C(C)(C)C)cc8-c8ccccc8)c8ccccc87)c6)ccc5n5c6ccccc6nc45)c3)c3ccccc3-c3ccccc32)cc1. The predicted molar refractivity (Wildman–Crippen MR) is 341 cm³/mol. The summed E-state index contributed by atoms with van der Waals surface area (Å²) in [7, 11) is 0. The summed E-state index contributed by atoms with van der Waals surface area (Å²) in [5.41, 5.74) is 22.3. The molecule has 0 unspecified atom stereocenters. The highest BCUT2D eigenvalue weighted by atomic mass is 16.5. The number of hydrogen-bond donors (Lipinski definition) is 0. The molecule has 0 amide bonds. The fourth-order valence-electron chi connectivity index (χ4n) is 13.2. The minimum absolute atomic E-state index is 0.00427. The van der Waals surface area contributed by atoms with Crippen LogP contribution in [-0.2, 0) is 16.2 Å². The Kier molecular flexibility index (Phi) is 11.5. The van der Waals surface area contributed by atoms with E-state index in [4.69, 9.17) is 14.7 Å². The maximum atomic E-state index is 7.02.